The van der Waals surface area contributed by atoms with Crippen molar-refractivity contribution >= 4 is 41.4 Å². The molecule has 6 rings (SSSR count). The number of cyclic esters (lactones) is 1. The highest BCUT2D eigenvalue weighted by Gasteiger charge is 2.46. The number of benzene rings is 1. The molecule has 0 spiro atoms. The highest BCUT2D eigenvalue weighted by Crippen LogP contribution is 2.28. The fourth-order valence-electron chi connectivity index (χ4n) is 7.77. The molecule has 6 amide bonds. The van der Waals surface area contributed by atoms with E-state index in [2.05, 4.69) is 20.9 Å². The van der Waals surface area contributed by atoms with E-state index in [0.717, 1.165) is 5.56 Å². The molecule has 4 saturated heterocycles. The fourth-order valence-corrected chi connectivity index (χ4v) is 7.77. The lowest BCUT2D eigenvalue weighted by Crippen LogP contribution is -2.62. The molecule has 0 aliphatic carbocycles. The fraction of sp³-hybridized carbons (Fsp3) is 0.568. The van der Waals surface area contributed by atoms with Crippen LogP contribution in [0, 0.1) is 5.92 Å². The number of nitrogens with zero attached hydrogens (tertiary/aromatic N) is 4. The molecule has 1 aromatic carbocycles. The smallest absolute Gasteiger partial charge is 0.328 e. The van der Waals surface area contributed by atoms with Crippen LogP contribution in [0.25, 0.3) is 0 Å². The lowest BCUT2D eigenvalue weighted by atomic mass is 9.99. The third kappa shape index (κ3) is 8.69. The monoisotopic (exact) mass is 733 g/mol. The Morgan fingerprint density at radius 3 is 2.40 bits per heavy atom. The summed E-state index contributed by atoms with van der Waals surface area (Å²) in [6, 6.07) is 2.74. The van der Waals surface area contributed by atoms with Crippen LogP contribution < -0.4 is 16.0 Å². The molecule has 7 atom stereocenters. The molecule has 53 heavy (non-hydrogen) atoms. The Morgan fingerprint density at radius 1 is 0.906 bits per heavy atom. The zero-order chi connectivity index (χ0) is 37.6. The summed E-state index contributed by atoms with van der Waals surface area (Å²) in [6.45, 7) is 3.66. The van der Waals surface area contributed by atoms with E-state index in [1.807, 2.05) is 13.0 Å². The third-order valence-corrected chi connectivity index (χ3v) is 10.4. The van der Waals surface area contributed by atoms with E-state index in [0.29, 0.717) is 45.1 Å². The molecule has 0 saturated carbocycles. The van der Waals surface area contributed by atoms with E-state index < -0.39 is 84.3 Å². The summed E-state index contributed by atoms with van der Waals surface area (Å²) in [4.78, 5) is 105. The zero-order valence-corrected chi connectivity index (χ0v) is 30.0. The first kappa shape index (κ1) is 37.5. The first-order valence-corrected chi connectivity index (χ1v) is 18.4. The maximum atomic E-state index is 14.4. The van der Waals surface area contributed by atoms with Gasteiger partial charge in [0.15, 0.2) is 0 Å². The van der Waals surface area contributed by atoms with Gasteiger partial charge in [-0.2, -0.15) is 0 Å². The summed E-state index contributed by atoms with van der Waals surface area (Å²) in [5.74, 6) is -3.86. The van der Waals surface area contributed by atoms with Crippen LogP contribution in [0.15, 0.2) is 47.2 Å². The molecule has 1 aromatic heterocycles. The lowest BCUT2D eigenvalue weighted by molar-refractivity contribution is -0.158. The number of fused-ring (bicyclic) bond motifs is 3. The number of amides is 6. The molecule has 2 aromatic rings. The number of esters is 1. The zero-order valence-electron chi connectivity index (χ0n) is 30.0. The number of carbonyl (C=O) groups is 7. The van der Waals surface area contributed by atoms with Crippen molar-refractivity contribution in [2.24, 2.45) is 5.92 Å². The lowest BCUT2D eigenvalue weighted by Gasteiger charge is -2.39. The van der Waals surface area contributed by atoms with Crippen LogP contribution in [0.2, 0.25) is 0 Å². The Balaban J connectivity index is 1.30. The molecule has 0 bridgehead atoms. The molecule has 0 unspecified atom stereocenters. The van der Waals surface area contributed by atoms with Crippen molar-refractivity contribution in [3.63, 3.8) is 0 Å². The van der Waals surface area contributed by atoms with Gasteiger partial charge in [-0.1, -0.05) is 37.3 Å². The summed E-state index contributed by atoms with van der Waals surface area (Å²) in [5, 5.41) is 8.22. The second-order valence-corrected chi connectivity index (χ2v) is 14.4. The predicted molar refractivity (Wildman–Crippen MR) is 186 cm³/mol. The van der Waals surface area contributed by atoms with Crippen LogP contribution in [-0.2, 0) is 51.1 Å². The van der Waals surface area contributed by atoms with Crippen molar-refractivity contribution in [3.8, 4) is 0 Å². The minimum atomic E-state index is -1.43. The van der Waals surface area contributed by atoms with Gasteiger partial charge >= 0.3 is 5.97 Å². The number of carbonyl (C=O) groups excluding carboxylic acids is 7. The molecule has 16 heteroatoms. The topological polar surface area (TPSA) is 201 Å². The average molecular weight is 734 g/mol. The van der Waals surface area contributed by atoms with E-state index in [4.69, 9.17) is 9.15 Å². The van der Waals surface area contributed by atoms with Gasteiger partial charge < -0.3 is 39.8 Å². The Labute approximate surface area is 307 Å². The van der Waals surface area contributed by atoms with Gasteiger partial charge in [0.1, 0.15) is 55.5 Å². The van der Waals surface area contributed by atoms with Crippen LogP contribution in [0.3, 0.4) is 0 Å². The molecular formula is C37H47N7O9. The summed E-state index contributed by atoms with van der Waals surface area (Å²) in [6.07, 6.45) is 5.52. The van der Waals surface area contributed by atoms with E-state index >= 15 is 0 Å². The highest BCUT2D eigenvalue weighted by molar-refractivity contribution is 5.97. The average Bonchev–Trinajstić information content (AvgIpc) is 3.94. The summed E-state index contributed by atoms with van der Waals surface area (Å²) >= 11 is 0. The first-order chi connectivity index (χ1) is 25.5. The van der Waals surface area contributed by atoms with E-state index in [1.54, 1.807) is 31.2 Å². The first-order valence-electron chi connectivity index (χ1n) is 18.4. The third-order valence-electron chi connectivity index (χ3n) is 10.4. The maximum Gasteiger partial charge on any atom is 0.328 e. The highest BCUT2D eigenvalue weighted by atomic mass is 16.5. The molecule has 284 valence electrons. The Morgan fingerprint density at radius 2 is 1.64 bits per heavy atom. The van der Waals surface area contributed by atoms with Gasteiger partial charge in [0.25, 0.3) is 0 Å². The van der Waals surface area contributed by atoms with E-state index in [1.165, 1.54) is 27.2 Å². The van der Waals surface area contributed by atoms with Gasteiger partial charge in [0, 0.05) is 26.1 Å². The molecular weight excluding hydrogens is 686 g/mol. The molecule has 16 nitrogen and oxygen atoms in total. The number of piperidine rings is 1. The van der Waals surface area contributed by atoms with E-state index in [-0.39, 0.29) is 37.7 Å². The van der Waals surface area contributed by atoms with Crippen molar-refractivity contribution in [3.05, 3.63) is 54.2 Å². The molecule has 4 aliphatic heterocycles. The summed E-state index contributed by atoms with van der Waals surface area (Å²) in [7, 11) is 0. The van der Waals surface area contributed by atoms with Crippen LogP contribution >= 0.6 is 0 Å². The summed E-state index contributed by atoms with van der Waals surface area (Å²) < 4.78 is 10.9. The molecule has 3 N–H and O–H groups in total. The number of nitrogens with one attached hydrogen (secondary N) is 3. The standard InChI is InChI=1S/C37H47N7O9/c1-22-17-29-37(51)53-21-26(41-32(46)25(18-24-9-4-3-5-10-24)40-30(45)19-31-38-13-16-52-31)35(49)43-15-8-12-28(43)36(50)42-14-7-6-11-27(42)33(47)39-23(2)34(48)44(29)20-22/h3-5,9-10,13,16,22-23,25-29H,6-8,11-12,14-15,17-21H2,1-2H3,(H,39,47)(H,40,45)(H,41,46)/t22-,23-,25-,26-,27-,28-,29-/m0/s1. The Kier molecular flexibility index (Phi) is 11.7. The van der Waals surface area contributed by atoms with Crippen LogP contribution in [0.5, 0.6) is 0 Å². The van der Waals surface area contributed by atoms with Gasteiger partial charge in [0.05, 0.1) is 6.20 Å². The Bertz CT molecular complexity index is 1690. The van der Waals surface area contributed by atoms with Crippen molar-refractivity contribution in [1.29, 1.82) is 0 Å². The minimum Gasteiger partial charge on any atom is -0.461 e. The maximum absolute atomic E-state index is 14.4. The molecule has 5 heterocycles. The van der Waals surface area contributed by atoms with Crippen molar-refractivity contribution in [1.82, 2.24) is 35.6 Å². The second kappa shape index (κ2) is 16.6. The van der Waals surface area contributed by atoms with Gasteiger partial charge in [0.2, 0.25) is 41.3 Å². The number of hydrogen-bond acceptors (Lipinski definition) is 10. The SMILES string of the molecule is C[C@H]1C[C@H]2C(=O)OC[C@H](NC(=O)[C@H](Cc3ccccc3)NC(=O)Cc3ncco3)C(=O)N3CCC[C@H]3C(=O)N3CCCC[C@H]3C(=O)N[C@@H](C)C(=O)N2C1. The number of rotatable bonds is 7. The number of aromatic nitrogens is 1. The summed E-state index contributed by atoms with van der Waals surface area (Å²) in [5.41, 5.74) is 0.736. The van der Waals surface area contributed by atoms with Crippen molar-refractivity contribution in [2.45, 2.75) is 101 Å². The Hall–Kier alpha value is -5.28. The number of oxazole rings is 1. The normalized spacial score (nSPS) is 27.7. The quantitative estimate of drug-likeness (QED) is 0.328. The number of hydrogen-bond donors (Lipinski definition) is 3. The van der Waals surface area contributed by atoms with Crippen LogP contribution in [0.4, 0.5) is 0 Å². The van der Waals surface area contributed by atoms with Gasteiger partial charge in [-0.25, -0.2) is 9.78 Å². The van der Waals surface area contributed by atoms with Gasteiger partial charge in [-0.05, 0) is 56.9 Å². The second-order valence-electron chi connectivity index (χ2n) is 14.4. The molecule has 4 aliphatic rings. The molecule has 4 fully saturated rings. The van der Waals surface area contributed by atoms with Crippen LogP contribution in [-0.4, -0.2) is 124 Å². The molecule has 0 radical (unpaired) electrons. The largest absolute Gasteiger partial charge is 0.461 e. The number of ether oxygens (including phenoxy) is 1. The van der Waals surface area contributed by atoms with Gasteiger partial charge in [-0.3, -0.25) is 28.8 Å². The van der Waals surface area contributed by atoms with Crippen LogP contribution in [0.1, 0.15) is 63.8 Å². The van der Waals surface area contributed by atoms with Crippen molar-refractivity contribution in [2.75, 3.05) is 26.2 Å². The minimum absolute atomic E-state index is 0.0471. The van der Waals surface area contributed by atoms with E-state index in [9.17, 15) is 33.6 Å². The predicted octanol–water partition coefficient (Wildman–Crippen LogP) is 0.100. The van der Waals surface area contributed by atoms with Crippen molar-refractivity contribution < 1.29 is 42.7 Å². The van der Waals surface area contributed by atoms with Gasteiger partial charge in [-0.15, -0.1) is 0 Å².